The molecule has 0 fully saturated rings. The Bertz CT molecular complexity index is 988. The maximum absolute atomic E-state index is 12.5. The Hall–Kier alpha value is -2.65. The summed E-state index contributed by atoms with van der Waals surface area (Å²) in [5, 5.41) is 20.0. The lowest BCUT2D eigenvalue weighted by Gasteiger charge is -2.14. The predicted molar refractivity (Wildman–Crippen MR) is 91.8 cm³/mol. The minimum absolute atomic E-state index is 0.101. The van der Waals surface area contributed by atoms with Gasteiger partial charge >= 0.3 is 5.97 Å². The molecule has 2 rings (SSSR count). The largest absolute Gasteiger partial charge is 0.478 e. The van der Waals surface area contributed by atoms with Crippen LogP contribution in [-0.4, -0.2) is 24.4 Å². The number of carboxylic acid groups (broad SMARTS) is 1. The van der Waals surface area contributed by atoms with Crippen LogP contribution in [0.1, 0.15) is 21.5 Å². The van der Waals surface area contributed by atoms with E-state index in [1.807, 2.05) is 0 Å². The number of sulfonamides is 1. The van der Waals surface area contributed by atoms with Gasteiger partial charge in [0.2, 0.25) is 0 Å². The van der Waals surface area contributed by atoms with E-state index in [0.717, 1.165) is 18.2 Å². The van der Waals surface area contributed by atoms with Crippen molar-refractivity contribution < 1.29 is 23.2 Å². The summed E-state index contributed by atoms with van der Waals surface area (Å²) >= 11 is 5.68. The zero-order chi connectivity index (χ0) is 18.9. The Morgan fingerprint density at radius 1 is 1.24 bits per heavy atom. The first-order chi connectivity index (χ1) is 11.5. The molecule has 0 aromatic heterocycles. The lowest BCUT2D eigenvalue weighted by atomic mass is 10.0. The van der Waals surface area contributed by atoms with Crippen LogP contribution in [0.5, 0.6) is 0 Å². The second-order valence-corrected chi connectivity index (χ2v) is 7.37. The van der Waals surface area contributed by atoms with E-state index in [1.54, 1.807) is 19.9 Å². The Labute approximate surface area is 148 Å². The Balaban J connectivity index is 2.56. The molecular formula is C15H13ClN2O6S. The second kappa shape index (κ2) is 6.69. The van der Waals surface area contributed by atoms with Gasteiger partial charge in [0.15, 0.2) is 0 Å². The zero-order valence-electron chi connectivity index (χ0n) is 13.1. The summed E-state index contributed by atoms with van der Waals surface area (Å²) in [6.07, 6.45) is 0. The molecule has 0 saturated carbocycles. The fourth-order valence-corrected chi connectivity index (χ4v) is 3.62. The van der Waals surface area contributed by atoms with Gasteiger partial charge in [0, 0.05) is 6.07 Å². The normalized spacial score (nSPS) is 11.2. The summed E-state index contributed by atoms with van der Waals surface area (Å²) in [6.45, 7) is 3.24. The maximum Gasteiger partial charge on any atom is 0.337 e. The number of rotatable bonds is 5. The van der Waals surface area contributed by atoms with E-state index >= 15 is 0 Å². The summed E-state index contributed by atoms with van der Waals surface area (Å²) in [7, 11) is -4.25. The molecule has 8 nitrogen and oxygen atoms in total. The highest BCUT2D eigenvalue weighted by atomic mass is 35.5. The topological polar surface area (TPSA) is 127 Å². The molecule has 0 amide bonds. The Morgan fingerprint density at radius 3 is 2.44 bits per heavy atom. The van der Waals surface area contributed by atoms with E-state index in [4.69, 9.17) is 11.6 Å². The number of anilines is 1. The number of halogens is 1. The van der Waals surface area contributed by atoms with Gasteiger partial charge in [-0.15, -0.1) is 0 Å². The standard InChI is InChI=1S/C15H13ClN2O6S/c1-8-5-9(2)14(11(6-8)15(19)20)17-25(23,24)10-3-4-12(16)13(7-10)18(21)22/h3-7,17H,1-2H3,(H,19,20). The second-order valence-electron chi connectivity index (χ2n) is 5.29. The molecule has 132 valence electrons. The molecule has 2 aromatic carbocycles. The third kappa shape index (κ3) is 3.89. The third-order valence-electron chi connectivity index (χ3n) is 3.37. The summed E-state index contributed by atoms with van der Waals surface area (Å²) in [5.74, 6) is -1.30. The smallest absolute Gasteiger partial charge is 0.337 e. The van der Waals surface area contributed by atoms with Crippen molar-refractivity contribution in [2.75, 3.05) is 4.72 Å². The summed E-state index contributed by atoms with van der Waals surface area (Å²) in [6, 6.07) is 5.96. The van der Waals surface area contributed by atoms with Crippen LogP contribution in [0.15, 0.2) is 35.2 Å². The molecule has 10 heteroatoms. The number of nitrogens with zero attached hydrogens (tertiary/aromatic N) is 1. The molecule has 0 radical (unpaired) electrons. The van der Waals surface area contributed by atoms with Gasteiger partial charge in [-0.05, 0) is 43.2 Å². The van der Waals surface area contributed by atoms with Crippen LogP contribution in [-0.2, 0) is 10.0 Å². The van der Waals surface area contributed by atoms with E-state index in [9.17, 15) is 28.4 Å². The number of nitrogens with one attached hydrogen (secondary N) is 1. The van der Waals surface area contributed by atoms with Gasteiger partial charge in [-0.25, -0.2) is 13.2 Å². The van der Waals surface area contributed by atoms with E-state index in [2.05, 4.69) is 4.72 Å². The minimum Gasteiger partial charge on any atom is -0.478 e. The van der Waals surface area contributed by atoms with Crippen molar-refractivity contribution in [2.24, 2.45) is 0 Å². The number of nitro benzene ring substituents is 1. The van der Waals surface area contributed by atoms with E-state index < -0.39 is 31.5 Å². The molecule has 0 aliphatic carbocycles. The van der Waals surface area contributed by atoms with Crippen molar-refractivity contribution in [3.8, 4) is 0 Å². The van der Waals surface area contributed by atoms with Crippen molar-refractivity contribution in [3.63, 3.8) is 0 Å². The molecule has 0 bridgehead atoms. The molecule has 25 heavy (non-hydrogen) atoms. The highest BCUT2D eigenvalue weighted by molar-refractivity contribution is 7.92. The number of hydrogen-bond donors (Lipinski definition) is 2. The van der Waals surface area contributed by atoms with Crippen LogP contribution in [0.25, 0.3) is 0 Å². The van der Waals surface area contributed by atoms with Crippen molar-refractivity contribution in [3.05, 3.63) is 62.2 Å². The predicted octanol–water partition coefficient (Wildman–Crippen LogP) is 3.36. The average molecular weight is 385 g/mol. The van der Waals surface area contributed by atoms with E-state index in [0.29, 0.717) is 11.1 Å². The molecule has 0 unspecified atom stereocenters. The van der Waals surface area contributed by atoms with E-state index in [-0.39, 0.29) is 16.3 Å². The molecule has 0 heterocycles. The van der Waals surface area contributed by atoms with Gasteiger partial charge in [-0.2, -0.15) is 0 Å². The number of carboxylic acids is 1. The van der Waals surface area contributed by atoms with Crippen LogP contribution in [0, 0.1) is 24.0 Å². The van der Waals surface area contributed by atoms with Crippen molar-refractivity contribution in [1.82, 2.24) is 0 Å². The molecular weight excluding hydrogens is 372 g/mol. The highest BCUT2D eigenvalue weighted by Crippen LogP contribution is 2.30. The van der Waals surface area contributed by atoms with Gasteiger partial charge in [-0.3, -0.25) is 14.8 Å². The summed E-state index contributed by atoms with van der Waals surface area (Å²) in [4.78, 5) is 21.1. The number of nitro groups is 1. The van der Waals surface area contributed by atoms with Gasteiger partial charge in [0.05, 0.1) is 21.1 Å². The third-order valence-corrected chi connectivity index (χ3v) is 5.04. The molecule has 0 atom stereocenters. The first kappa shape index (κ1) is 18.7. The van der Waals surface area contributed by atoms with Gasteiger partial charge in [-0.1, -0.05) is 17.7 Å². The zero-order valence-corrected chi connectivity index (χ0v) is 14.7. The van der Waals surface area contributed by atoms with Gasteiger partial charge < -0.3 is 5.11 Å². The molecule has 0 aliphatic heterocycles. The van der Waals surface area contributed by atoms with Crippen LogP contribution in [0.4, 0.5) is 11.4 Å². The fraction of sp³-hybridized carbons (Fsp3) is 0.133. The first-order valence-corrected chi connectivity index (χ1v) is 8.70. The van der Waals surface area contributed by atoms with Crippen LogP contribution in [0.2, 0.25) is 5.02 Å². The molecule has 0 aliphatic rings. The van der Waals surface area contributed by atoms with Gasteiger partial charge in [0.25, 0.3) is 15.7 Å². The minimum atomic E-state index is -4.25. The lowest BCUT2D eigenvalue weighted by Crippen LogP contribution is -2.17. The number of benzene rings is 2. The van der Waals surface area contributed by atoms with Crippen molar-refractivity contribution >= 4 is 39.0 Å². The van der Waals surface area contributed by atoms with Crippen molar-refractivity contribution in [1.29, 1.82) is 0 Å². The fourth-order valence-electron chi connectivity index (χ4n) is 2.26. The Kier molecular flexibility index (Phi) is 5.00. The number of carbonyl (C=O) groups is 1. The molecule has 0 saturated heterocycles. The summed E-state index contributed by atoms with van der Waals surface area (Å²) < 4.78 is 27.3. The highest BCUT2D eigenvalue weighted by Gasteiger charge is 2.24. The lowest BCUT2D eigenvalue weighted by molar-refractivity contribution is -0.384. The first-order valence-electron chi connectivity index (χ1n) is 6.84. The molecule has 2 aromatic rings. The summed E-state index contributed by atoms with van der Waals surface area (Å²) in [5.41, 5.74) is 0.174. The number of aryl methyl sites for hydroxylation is 2. The van der Waals surface area contributed by atoms with Gasteiger partial charge in [0.1, 0.15) is 5.02 Å². The Morgan fingerprint density at radius 2 is 1.88 bits per heavy atom. The maximum atomic E-state index is 12.5. The quantitative estimate of drug-likeness (QED) is 0.601. The number of hydrogen-bond acceptors (Lipinski definition) is 5. The molecule has 2 N–H and O–H groups in total. The number of aromatic carboxylic acids is 1. The van der Waals surface area contributed by atoms with Crippen LogP contribution >= 0.6 is 11.6 Å². The monoisotopic (exact) mass is 384 g/mol. The van der Waals surface area contributed by atoms with Crippen LogP contribution in [0.3, 0.4) is 0 Å². The SMILES string of the molecule is Cc1cc(C)c(NS(=O)(=O)c2ccc(Cl)c([N+](=O)[O-])c2)c(C(=O)O)c1. The molecule has 0 spiro atoms. The van der Waals surface area contributed by atoms with Crippen LogP contribution < -0.4 is 4.72 Å². The average Bonchev–Trinajstić information content (AvgIpc) is 2.49. The van der Waals surface area contributed by atoms with Crippen molar-refractivity contribution in [2.45, 2.75) is 18.7 Å². The van der Waals surface area contributed by atoms with E-state index in [1.165, 1.54) is 6.07 Å².